The van der Waals surface area contributed by atoms with Gasteiger partial charge in [-0.25, -0.2) is 0 Å². The zero-order valence-corrected chi connectivity index (χ0v) is 11.9. The van der Waals surface area contributed by atoms with E-state index >= 15 is 0 Å². The molecule has 4 rings (SSSR count). The first-order chi connectivity index (χ1) is 8.90. The molecule has 0 aromatic heterocycles. The van der Waals surface area contributed by atoms with Crippen LogP contribution in [0.15, 0.2) is 0 Å². The van der Waals surface area contributed by atoms with Crippen molar-refractivity contribution >= 4 is 0 Å². The topological polar surface area (TPSA) is 0 Å². The molecule has 0 aliphatic heterocycles. The molecule has 4 fully saturated rings. The van der Waals surface area contributed by atoms with E-state index in [-0.39, 0.29) is 0 Å². The molecule has 0 heterocycles. The fourth-order valence-electron chi connectivity index (χ4n) is 6.33. The van der Waals surface area contributed by atoms with Crippen molar-refractivity contribution in [2.24, 2.45) is 35.5 Å². The van der Waals surface area contributed by atoms with Crippen molar-refractivity contribution in [2.75, 3.05) is 0 Å². The number of rotatable bonds is 1. The first-order valence-electron chi connectivity index (χ1n) is 8.90. The van der Waals surface area contributed by atoms with Crippen LogP contribution in [-0.4, -0.2) is 0 Å². The Hall–Kier alpha value is 0. The first-order valence-corrected chi connectivity index (χ1v) is 8.90. The lowest BCUT2D eigenvalue weighted by Crippen LogP contribution is -2.12. The molecule has 4 atom stereocenters. The second-order valence-electron chi connectivity index (χ2n) is 8.07. The maximum Gasteiger partial charge on any atom is -0.0380 e. The van der Waals surface area contributed by atoms with E-state index in [1.165, 1.54) is 0 Å². The standard InChI is InChI=1S/C18H30/c1-2-6-14-10-17(9-13(14)5-1)18-11-15-7-3-4-8-16(15)12-18/h13-18H,1-12H2. The van der Waals surface area contributed by atoms with Crippen LogP contribution in [0.4, 0.5) is 0 Å². The summed E-state index contributed by atoms with van der Waals surface area (Å²) in [5.74, 6) is 6.95. The van der Waals surface area contributed by atoms with Gasteiger partial charge >= 0.3 is 0 Å². The van der Waals surface area contributed by atoms with Crippen LogP contribution in [0.3, 0.4) is 0 Å². The fraction of sp³-hybridized carbons (Fsp3) is 1.00. The molecule has 0 N–H and O–H groups in total. The van der Waals surface area contributed by atoms with Crippen molar-refractivity contribution in [1.29, 1.82) is 0 Å². The molecular formula is C18H30. The summed E-state index contributed by atoms with van der Waals surface area (Å²) in [5, 5.41) is 0. The molecule has 0 nitrogen and oxygen atoms in total. The molecule has 0 aromatic rings. The summed E-state index contributed by atoms with van der Waals surface area (Å²) >= 11 is 0. The summed E-state index contributed by atoms with van der Waals surface area (Å²) in [5.41, 5.74) is 0. The Morgan fingerprint density at radius 3 is 0.889 bits per heavy atom. The van der Waals surface area contributed by atoms with Crippen LogP contribution in [0.5, 0.6) is 0 Å². The average molecular weight is 246 g/mol. The van der Waals surface area contributed by atoms with Crippen LogP contribution < -0.4 is 0 Å². The van der Waals surface area contributed by atoms with Crippen molar-refractivity contribution in [3.63, 3.8) is 0 Å². The predicted molar refractivity (Wildman–Crippen MR) is 76.3 cm³/mol. The summed E-state index contributed by atoms with van der Waals surface area (Å²) < 4.78 is 0. The van der Waals surface area contributed by atoms with Gasteiger partial charge in [0.25, 0.3) is 0 Å². The highest BCUT2D eigenvalue weighted by molar-refractivity contribution is 4.94. The number of hydrogen-bond acceptors (Lipinski definition) is 0. The van der Waals surface area contributed by atoms with E-state index in [1.807, 2.05) is 0 Å². The van der Waals surface area contributed by atoms with Crippen LogP contribution in [-0.2, 0) is 0 Å². The minimum Gasteiger partial charge on any atom is -0.0530 e. The quantitative estimate of drug-likeness (QED) is 0.579. The van der Waals surface area contributed by atoms with Crippen LogP contribution in [0.1, 0.15) is 77.0 Å². The number of fused-ring (bicyclic) bond motifs is 2. The molecule has 0 amide bonds. The molecule has 4 aliphatic rings. The van der Waals surface area contributed by atoms with Gasteiger partial charge in [-0.05, 0) is 61.2 Å². The lowest BCUT2D eigenvalue weighted by molar-refractivity contribution is 0.277. The van der Waals surface area contributed by atoms with Crippen molar-refractivity contribution in [1.82, 2.24) is 0 Å². The SMILES string of the molecule is C1CCC2CC(C3CC4CCCCC4C3)CC2C1. The average Bonchev–Trinajstić information content (AvgIpc) is 3.02. The third kappa shape index (κ3) is 2.04. The van der Waals surface area contributed by atoms with E-state index < -0.39 is 0 Å². The van der Waals surface area contributed by atoms with Gasteiger partial charge in [-0.2, -0.15) is 0 Å². The summed E-state index contributed by atoms with van der Waals surface area (Å²) in [6.07, 6.45) is 19.1. The van der Waals surface area contributed by atoms with E-state index in [1.54, 1.807) is 77.0 Å². The highest BCUT2D eigenvalue weighted by Crippen LogP contribution is 2.54. The molecule has 18 heavy (non-hydrogen) atoms. The maximum absolute atomic E-state index is 1.63. The van der Waals surface area contributed by atoms with Gasteiger partial charge in [0.15, 0.2) is 0 Å². The molecule has 0 radical (unpaired) electrons. The monoisotopic (exact) mass is 246 g/mol. The van der Waals surface area contributed by atoms with Gasteiger partial charge in [0.1, 0.15) is 0 Å². The molecule has 4 saturated carbocycles. The van der Waals surface area contributed by atoms with E-state index in [0.717, 1.165) is 35.5 Å². The minimum atomic E-state index is 1.16. The van der Waals surface area contributed by atoms with E-state index in [2.05, 4.69) is 0 Å². The Bertz CT molecular complexity index is 236. The minimum absolute atomic E-state index is 1.16. The Kier molecular flexibility index (Phi) is 3.17. The Morgan fingerprint density at radius 2 is 0.611 bits per heavy atom. The Morgan fingerprint density at radius 1 is 0.333 bits per heavy atom. The molecule has 0 aromatic carbocycles. The van der Waals surface area contributed by atoms with E-state index in [0.29, 0.717) is 0 Å². The normalized spacial score (nSPS) is 52.0. The summed E-state index contributed by atoms with van der Waals surface area (Å²) in [4.78, 5) is 0. The van der Waals surface area contributed by atoms with Crippen molar-refractivity contribution in [3.8, 4) is 0 Å². The van der Waals surface area contributed by atoms with Crippen LogP contribution in [0.25, 0.3) is 0 Å². The largest absolute Gasteiger partial charge is 0.0530 e. The third-order valence-corrected chi connectivity index (χ3v) is 7.22. The molecule has 0 bridgehead atoms. The van der Waals surface area contributed by atoms with Gasteiger partial charge in [0.2, 0.25) is 0 Å². The van der Waals surface area contributed by atoms with Crippen LogP contribution in [0, 0.1) is 35.5 Å². The van der Waals surface area contributed by atoms with E-state index in [9.17, 15) is 0 Å². The molecule has 4 unspecified atom stereocenters. The maximum atomic E-state index is 1.63. The van der Waals surface area contributed by atoms with E-state index in [4.69, 9.17) is 0 Å². The Labute approximate surface area is 113 Å². The van der Waals surface area contributed by atoms with Gasteiger partial charge in [0, 0.05) is 0 Å². The van der Waals surface area contributed by atoms with Crippen molar-refractivity contribution in [3.05, 3.63) is 0 Å². The van der Waals surface area contributed by atoms with Gasteiger partial charge < -0.3 is 0 Å². The zero-order valence-electron chi connectivity index (χ0n) is 11.9. The van der Waals surface area contributed by atoms with Gasteiger partial charge in [0.05, 0.1) is 0 Å². The molecule has 0 heteroatoms. The number of hydrogen-bond donors (Lipinski definition) is 0. The highest BCUT2D eigenvalue weighted by atomic mass is 14.5. The summed E-state index contributed by atoms with van der Waals surface area (Å²) in [6, 6.07) is 0. The summed E-state index contributed by atoms with van der Waals surface area (Å²) in [6.45, 7) is 0. The van der Waals surface area contributed by atoms with Crippen molar-refractivity contribution in [2.45, 2.75) is 77.0 Å². The highest BCUT2D eigenvalue weighted by Gasteiger charge is 2.44. The third-order valence-electron chi connectivity index (χ3n) is 7.22. The fourth-order valence-corrected chi connectivity index (χ4v) is 6.33. The smallest absolute Gasteiger partial charge is 0.0380 e. The summed E-state index contributed by atoms with van der Waals surface area (Å²) in [7, 11) is 0. The Balaban J connectivity index is 1.40. The second-order valence-corrected chi connectivity index (χ2v) is 8.07. The predicted octanol–water partition coefficient (Wildman–Crippen LogP) is 5.42. The van der Waals surface area contributed by atoms with Gasteiger partial charge in [-0.15, -0.1) is 0 Å². The molecular weight excluding hydrogens is 216 g/mol. The van der Waals surface area contributed by atoms with Gasteiger partial charge in [-0.3, -0.25) is 0 Å². The second kappa shape index (κ2) is 4.84. The van der Waals surface area contributed by atoms with Crippen molar-refractivity contribution < 1.29 is 0 Å². The lowest BCUT2D eigenvalue weighted by atomic mass is 9.82. The zero-order chi connectivity index (χ0) is 11.9. The molecule has 4 aliphatic carbocycles. The van der Waals surface area contributed by atoms with Crippen LogP contribution in [0.2, 0.25) is 0 Å². The van der Waals surface area contributed by atoms with Gasteiger partial charge in [-0.1, -0.05) is 51.4 Å². The first kappa shape index (κ1) is 11.8. The molecule has 0 spiro atoms. The molecule has 0 saturated heterocycles. The van der Waals surface area contributed by atoms with Crippen LogP contribution >= 0.6 is 0 Å². The lowest BCUT2D eigenvalue weighted by Gasteiger charge is -2.24. The molecule has 102 valence electrons.